The fraction of sp³-hybridized carbons (Fsp3) is 0.600. The highest BCUT2D eigenvalue weighted by Crippen LogP contribution is 2.32. The summed E-state index contributed by atoms with van der Waals surface area (Å²) < 4.78 is 0. The summed E-state index contributed by atoms with van der Waals surface area (Å²) in [7, 11) is 0. The van der Waals surface area contributed by atoms with Gasteiger partial charge in [-0.25, -0.2) is 0 Å². The van der Waals surface area contributed by atoms with Gasteiger partial charge in [-0.05, 0) is 43.4 Å². The Labute approximate surface area is 120 Å². The summed E-state index contributed by atoms with van der Waals surface area (Å²) in [4.78, 5) is 5.03. The lowest BCUT2D eigenvalue weighted by molar-refractivity contribution is 0.248. The SMILES string of the molecule is Cc1cc(N)c(Cl)cc1N1CCN(CC2CC2)CC1. The number of hydrogen-bond acceptors (Lipinski definition) is 3. The number of benzene rings is 1. The smallest absolute Gasteiger partial charge is 0.0656 e. The molecule has 0 unspecified atom stereocenters. The zero-order valence-electron chi connectivity index (χ0n) is 11.5. The van der Waals surface area contributed by atoms with Gasteiger partial charge in [0, 0.05) is 38.4 Å². The van der Waals surface area contributed by atoms with Crippen molar-refractivity contribution in [3.05, 3.63) is 22.7 Å². The van der Waals surface area contributed by atoms with Crippen molar-refractivity contribution in [2.45, 2.75) is 19.8 Å². The zero-order chi connectivity index (χ0) is 13.4. The van der Waals surface area contributed by atoms with Crippen molar-refractivity contribution in [2.24, 2.45) is 5.92 Å². The lowest BCUT2D eigenvalue weighted by Crippen LogP contribution is -2.47. The fourth-order valence-electron chi connectivity index (χ4n) is 2.87. The van der Waals surface area contributed by atoms with Gasteiger partial charge in [0.05, 0.1) is 10.7 Å². The number of rotatable bonds is 3. The molecule has 2 N–H and O–H groups in total. The number of aryl methyl sites for hydroxylation is 1. The number of nitrogen functional groups attached to an aromatic ring is 1. The van der Waals surface area contributed by atoms with Gasteiger partial charge in [0.15, 0.2) is 0 Å². The van der Waals surface area contributed by atoms with Gasteiger partial charge in [0.2, 0.25) is 0 Å². The van der Waals surface area contributed by atoms with E-state index in [9.17, 15) is 0 Å². The first-order valence-corrected chi connectivity index (χ1v) is 7.54. The van der Waals surface area contributed by atoms with E-state index < -0.39 is 0 Å². The molecule has 2 aliphatic rings. The Kier molecular flexibility index (Phi) is 3.59. The normalized spacial score (nSPS) is 20.8. The van der Waals surface area contributed by atoms with Crippen LogP contribution in [0.25, 0.3) is 0 Å². The number of hydrogen-bond donors (Lipinski definition) is 1. The Morgan fingerprint density at radius 3 is 2.53 bits per heavy atom. The van der Waals surface area contributed by atoms with Gasteiger partial charge in [0.1, 0.15) is 0 Å². The van der Waals surface area contributed by atoms with E-state index in [1.165, 1.54) is 30.6 Å². The second-order valence-electron chi connectivity index (χ2n) is 5.89. The van der Waals surface area contributed by atoms with Crippen molar-refractivity contribution in [3.63, 3.8) is 0 Å². The van der Waals surface area contributed by atoms with E-state index in [-0.39, 0.29) is 0 Å². The molecule has 1 aliphatic carbocycles. The predicted molar refractivity (Wildman–Crippen MR) is 82.0 cm³/mol. The third-order valence-corrected chi connectivity index (χ3v) is 4.57. The maximum absolute atomic E-state index is 6.15. The summed E-state index contributed by atoms with van der Waals surface area (Å²) in [5.41, 5.74) is 8.98. The molecule has 1 aromatic rings. The lowest BCUT2D eigenvalue weighted by atomic mass is 10.1. The first-order chi connectivity index (χ1) is 9.13. The van der Waals surface area contributed by atoms with Crippen molar-refractivity contribution in [3.8, 4) is 0 Å². The van der Waals surface area contributed by atoms with Crippen molar-refractivity contribution < 1.29 is 0 Å². The molecule has 3 nitrogen and oxygen atoms in total. The highest BCUT2D eigenvalue weighted by atomic mass is 35.5. The summed E-state index contributed by atoms with van der Waals surface area (Å²) in [6.45, 7) is 7.92. The van der Waals surface area contributed by atoms with E-state index in [4.69, 9.17) is 17.3 Å². The van der Waals surface area contributed by atoms with E-state index in [0.29, 0.717) is 10.7 Å². The highest BCUT2D eigenvalue weighted by molar-refractivity contribution is 6.33. The van der Waals surface area contributed by atoms with Crippen LogP contribution in [0.4, 0.5) is 11.4 Å². The first-order valence-electron chi connectivity index (χ1n) is 7.16. The second-order valence-corrected chi connectivity index (χ2v) is 6.30. The van der Waals surface area contributed by atoms with Crippen LogP contribution in [0.5, 0.6) is 0 Å². The van der Waals surface area contributed by atoms with Crippen molar-refractivity contribution in [2.75, 3.05) is 43.4 Å². The van der Waals surface area contributed by atoms with Gasteiger partial charge in [-0.2, -0.15) is 0 Å². The van der Waals surface area contributed by atoms with Gasteiger partial charge in [-0.15, -0.1) is 0 Å². The number of nitrogens with two attached hydrogens (primary N) is 1. The van der Waals surface area contributed by atoms with Crippen molar-refractivity contribution in [1.82, 2.24) is 4.90 Å². The quantitative estimate of drug-likeness (QED) is 0.864. The molecule has 2 fully saturated rings. The molecule has 1 aliphatic heterocycles. The van der Waals surface area contributed by atoms with E-state index in [0.717, 1.165) is 32.1 Å². The predicted octanol–water partition coefficient (Wildman–Crippen LogP) is 2.76. The minimum atomic E-state index is 0.668. The third kappa shape index (κ3) is 2.98. The molecule has 1 saturated heterocycles. The lowest BCUT2D eigenvalue weighted by Gasteiger charge is -2.37. The monoisotopic (exact) mass is 279 g/mol. The largest absolute Gasteiger partial charge is 0.398 e. The molecule has 0 amide bonds. The number of anilines is 2. The van der Waals surface area contributed by atoms with E-state index in [2.05, 4.69) is 16.7 Å². The molecule has 1 heterocycles. The van der Waals surface area contributed by atoms with Crippen LogP contribution in [0.1, 0.15) is 18.4 Å². The van der Waals surface area contributed by atoms with Crippen LogP contribution in [0.2, 0.25) is 5.02 Å². The minimum absolute atomic E-state index is 0.668. The molecule has 0 atom stereocenters. The van der Waals surface area contributed by atoms with Gasteiger partial charge in [-0.3, -0.25) is 4.90 Å². The van der Waals surface area contributed by atoms with Crippen LogP contribution >= 0.6 is 11.6 Å². The zero-order valence-corrected chi connectivity index (χ0v) is 12.3. The van der Waals surface area contributed by atoms with Gasteiger partial charge in [0.25, 0.3) is 0 Å². The van der Waals surface area contributed by atoms with Crippen LogP contribution in [0, 0.1) is 12.8 Å². The minimum Gasteiger partial charge on any atom is -0.398 e. The summed E-state index contributed by atoms with van der Waals surface area (Å²) in [5.74, 6) is 0.985. The molecule has 1 saturated carbocycles. The fourth-order valence-corrected chi connectivity index (χ4v) is 3.03. The summed E-state index contributed by atoms with van der Waals surface area (Å²) in [6.07, 6.45) is 2.87. The van der Waals surface area contributed by atoms with Crippen molar-refractivity contribution in [1.29, 1.82) is 0 Å². The Hall–Kier alpha value is -0.930. The number of halogens is 1. The Morgan fingerprint density at radius 1 is 1.21 bits per heavy atom. The van der Waals surface area contributed by atoms with Crippen LogP contribution in [0.15, 0.2) is 12.1 Å². The number of piperazine rings is 1. The summed E-state index contributed by atoms with van der Waals surface area (Å²) in [6, 6.07) is 4.00. The highest BCUT2D eigenvalue weighted by Gasteiger charge is 2.26. The van der Waals surface area contributed by atoms with Crippen LogP contribution in [-0.4, -0.2) is 37.6 Å². The van der Waals surface area contributed by atoms with E-state index in [1.807, 2.05) is 12.1 Å². The molecule has 0 radical (unpaired) electrons. The van der Waals surface area contributed by atoms with E-state index >= 15 is 0 Å². The average molecular weight is 280 g/mol. The van der Waals surface area contributed by atoms with Crippen LogP contribution in [0.3, 0.4) is 0 Å². The average Bonchev–Trinajstić information content (AvgIpc) is 3.19. The maximum atomic E-state index is 6.15. The van der Waals surface area contributed by atoms with Gasteiger partial charge in [-0.1, -0.05) is 11.6 Å². The van der Waals surface area contributed by atoms with E-state index in [1.54, 1.807) is 0 Å². The third-order valence-electron chi connectivity index (χ3n) is 4.24. The first kappa shape index (κ1) is 13.1. The topological polar surface area (TPSA) is 32.5 Å². The number of nitrogens with zero attached hydrogens (tertiary/aromatic N) is 2. The molecule has 0 spiro atoms. The summed E-state index contributed by atoms with van der Waals surface area (Å²) >= 11 is 6.15. The van der Waals surface area contributed by atoms with Crippen molar-refractivity contribution >= 4 is 23.0 Å². The molecule has 19 heavy (non-hydrogen) atoms. The molecule has 3 rings (SSSR count). The van der Waals surface area contributed by atoms with Crippen LogP contribution in [-0.2, 0) is 0 Å². The molecule has 4 heteroatoms. The second kappa shape index (κ2) is 5.22. The van der Waals surface area contributed by atoms with Crippen LogP contribution < -0.4 is 10.6 Å². The molecule has 104 valence electrons. The standard InChI is InChI=1S/C15H22ClN3/c1-11-8-14(17)13(16)9-15(11)19-6-4-18(5-7-19)10-12-2-3-12/h8-9,12H,2-7,10,17H2,1H3. The Bertz CT molecular complexity index is 463. The molecule has 0 bridgehead atoms. The Morgan fingerprint density at radius 2 is 1.89 bits per heavy atom. The Balaban J connectivity index is 1.65. The maximum Gasteiger partial charge on any atom is 0.0656 e. The summed E-state index contributed by atoms with van der Waals surface area (Å²) in [5, 5.41) is 0.668. The van der Waals surface area contributed by atoms with Gasteiger partial charge >= 0.3 is 0 Å². The molecule has 1 aromatic carbocycles. The molecular formula is C15H22ClN3. The molecular weight excluding hydrogens is 258 g/mol. The molecule has 0 aromatic heterocycles. The van der Waals surface area contributed by atoms with Gasteiger partial charge < -0.3 is 10.6 Å².